The molecular formula is C29H22ClNOS. The van der Waals surface area contributed by atoms with Crippen molar-refractivity contribution < 1.29 is 4.79 Å². The maximum atomic E-state index is 13.9. The highest BCUT2D eigenvalue weighted by Crippen LogP contribution is 2.63. The average molecular weight is 468 g/mol. The van der Waals surface area contributed by atoms with Crippen molar-refractivity contribution in [3.05, 3.63) is 131 Å². The van der Waals surface area contributed by atoms with Gasteiger partial charge in [0, 0.05) is 15.2 Å². The zero-order valence-electron chi connectivity index (χ0n) is 17.9. The summed E-state index contributed by atoms with van der Waals surface area (Å²) in [6.45, 7) is 0. The summed E-state index contributed by atoms with van der Waals surface area (Å²) in [5, 5.41) is 0.871. The first-order chi connectivity index (χ1) is 16.2. The Kier molecular flexibility index (Phi) is 5.05. The largest absolute Gasteiger partial charge is 0.299 e. The zero-order chi connectivity index (χ0) is 22.4. The Bertz CT molecular complexity index is 1330. The van der Waals surface area contributed by atoms with E-state index in [1.165, 1.54) is 0 Å². The molecule has 0 aliphatic carbocycles. The van der Waals surface area contributed by atoms with Crippen LogP contribution in [0.2, 0.25) is 5.02 Å². The Balaban J connectivity index is 1.62. The van der Waals surface area contributed by atoms with E-state index in [0.717, 1.165) is 38.7 Å². The number of hydrogen-bond acceptors (Lipinski definition) is 2. The number of anilines is 1. The Morgan fingerprint density at radius 2 is 1.42 bits per heavy atom. The summed E-state index contributed by atoms with van der Waals surface area (Å²) in [5.41, 5.74) is 3.82. The number of amides is 1. The van der Waals surface area contributed by atoms with E-state index in [-0.39, 0.29) is 17.1 Å². The molecule has 0 N–H and O–H groups in total. The monoisotopic (exact) mass is 467 g/mol. The van der Waals surface area contributed by atoms with E-state index in [0.29, 0.717) is 0 Å². The van der Waals surface area contributed by atoms with E-state index in [2.05, 4.69) is 59.5 Å². The molecule has 33 heavy (non-hydrogen) atoms. The molecule has 1 amide bonds. The molecule has 4 heteroatoms. The highest BCUT2D eigenvalue weighted by Gasteiger charge is 2.64. The second-order valence-electron chi connectivity index (χ2n) is 8.61. The molecular weight excluding hydrogens is 446 g/mol. The van der Waals surface area contributed by atoms with Gasteiger partial charge in [-0.1, -0.05) is 103 Å². The number of β-lactam (4-membered cyclic amide) rings is 1. The van der Waals surface area contributed by atoms with Crippen LogP contribution in [0, 0.1) is 0 Å². The number of fused-ring (bicyclic) bond motifs is 3. The van der Waals surface area contributed by atoms with Crippen molar-refractivity contribution in [1.29, 1.82) is 0 Å². The van der Waals surface area contributed by atoms with Gasteiger partial charge in [0.15, 0.2) is 0 Å². The summed E-state index contributed by atoms with van der Waals surface area (Å²) in [7, 11) is 0. The van der Waals surface area contributed by atoms with Crippen molar-refractivity contribution in [2.75, 3.05) is 4.90 Å². The molecule has 0 unspecified atom stereocenters. The smallest absolute Gasteiger partial charge is 0.238 e. The van der Waals surface area contributed by atoms with Gasteiger partial charge < -0.3 is 0 Å². The molecule has 2 aliphatic rings. The summed E-state index contributed by atoms with van der Waals surface area (Å²) in [6, 6.07) is 37.1. The van der Waals surface area contributed by atoms with E-state index >= 15 is 0 Å². The van der Waals surface area contributed by atoms with Crippen LogP contribution in [0.25, 0.3) is 0 Å². The van der Waals surface area contributed by atoms with Gasteiger partial charge in [0.05, 0.1) is 17.1 Å². The predicted molar refractivity (Wildman–Crippen MR) is 136 cm³/mol. The SMILES string of the molecule is O=C1[C@H](c2ccccc2)[C@]2(c3ccccc3)C[C@H](c3ccccc3Cl)Sc3ccccc3N12. The van der Waals surface area contributed by atoms with Crippen molar-refractivity contribution in [1.82, 2.24) is 0 Å². The fourth-order valence-electron chi connectivity index (χ4n) is 5.47. The minimum atomic E-state index is -0.497. The highest BCUT2D eigenvalue weighted by molar-refractivity contribution is 7.99. The number of carbonyl (C=O) groups is 1. The third-order valence-electron chi connectivity index (χ3n) is 6.87. The lowest BCUT2D eigenvalue weighted by Gasteiger charge is -2.58. The van der Waals surface area contributed by atoms with Gasteiger partial charge in [0.25, 0.3) is 0 Å². The van der Waals surface area contributed by atoms with Crippen LogP contribution in [-0.2, 0) is 10.3 Å². The lowest BCUT2D eigenvalue weighted by Crippen LogP contribution is -2.67. The lowest BCUT2D eigenvalue weighted by atomic mass is 9.63. The summed E-state index contributed by atoms with van der Waals surface area (Å²) in [4.78, 5) is 17.1. The molecule has 4 aromatic carbocycles. The molecule has 4 aromatic rings. The number of para-hydroxylation sites is 1. The van der Waals surface area contributed by atoms with Crippen molar-refractivity contribution in [2.24, 2.45) is 0 Å². The van der Waals surface area contributed by atoms with Gasteiger partial charge in [0.2, 0.25) is 5.91 Å². The van der Waals surface area contributed by atoms with E-state index < -0.39 is 5.54 Å². The number of rotatable bonds is 3. The molecule has 0 spiro atoms. The van der Waals surface area contributed by atoms with E-state index in [1.54, 1.807) is 11.8 Å². The molecule has 1 fully saturated rings. The molecule has 0 saturated carbocycles. The van der Waals surface area contributed by atoms with Crippen molar-refractivity contribution in [3.8, 4) is 0 Å². The molecule has 2 nitrogen and oxygen atoms in total. The molecule has 3 atom stereocenters. The summed E-state index contributed by atoms with van der Waals surface area (Å²) in [5.74, 6) is -0.101. The van der Waals surface area contributed by atoms with Gasteiger partial charge in [-0.05, 0) is 41.3 Å². The Hall–Kier alpha value is -3.01. The maximum absolute atomic E-state index is 13.9. The third-order valence-corrected chi connectivity index (χ3v) is 8.52. The van der Waals surface area contributed by atoms with E-state index in [1.807, 2.05) is 54.6 Å². The van der Waals surface area contributed by atoms with Gasteiger partial charge >= 0.3 is 0 Å². The van der Waals surface area contributed by atoms with Crippen LogP contribution in [0.4, 0.5) is 5.69 Å². The summed E-state index contributed by atoms with van der Waals surface area (Å²) < 4.78 is 0. The number of thioether (sulfide) groups is 1. The minimum Gasteiger partial charge on any atom is -0.299 e. The van der Waals surface area contributed by atoms with Crippen LogP contribution in [-0.4, -0.2) is 5.91 Å². The molecule has 0 radical (unpaired) electrons. The normalized spacial score (nSPS) is 23.8. The number of halogens is 1. The third kappa shape index (κ3) is 3.14. The van der Waals surface area contributed by atoms with Crippen molar-refractivity contribution in [3.63, 3.8) is 0 Å². The number of benzene rings is 4. The molecule has 1 saturated heterocycles. The van der Waals surface area contributed by atoms with Crippen LogP contribution in [0.5, 0.6) is 0 Å². The first-order valence-electron chi connectivity index (χ1n) is 11.1. The standard InChI is InChI=1S/C29H22ClNOS/c30-23-16-8-7-15-22(23)26-19-29(21-13-5-2-6-14-21)27(20-11-3-1-4-12-20)28(32)31(29)24-17-9-10-18-25(24)33-26/h1-18,26-27H,19H2/t26-,27+,29-/m1/s1. The van der Waals surface area contributed by atoms with Gasteiger partial charge in [-0.15, -0.1) is 11.8 Å². The van der Waals surface area contributed by atoms with Gasteiger partial charge in [0.1, 0.15) is 0 Å². The summed E-state index contributed by atoms with van der Waals surface area (Å²) >= 11 is 8.53. The zero-order valence-corrected chi connectivity index (χ0v) is 19.5. The summed E-state index contributed by atoms with van der Waals surface area (Å²) in [6.07, 6.45) is 0.769. The van der Waals surface area contributed by atoms with Gasteiger partial charge in [-0.25, -0.2) is 0 Å². The van der Waals surface area contributed by atoms with Crippen molar-refractivity contribution >= 4 is 35.0 Å². The Labute approximate surface area is 203 Å². The molecule has 0 aromatic heterocycles. The predicted octanol–water partition coefficient (Wildman–Crippen LogP) is 7.60. The van der Waals surface area contributed by atoms with Crippen LogP contribution < -0.4 is 4.90 Å². The number of hydrogen-bond donors (Lipinski definition) is 0. The van der Waals surface area contributed by atoms with Gasteiger partial charge in [-0.3, -0.25) is 9.69 Å². The van der Waals surface area contributed by atoms with Crippen LogP contribution >= 0.6 is 23.4 Å². The van der Waals surface area contributed by atoms with Crippen LogP contribution in [0.3, 0.4) is 0 Å². The van der Waals surface area contributed by atoms with Crippen molar-refractivity contribution in [2.45, 2.75) is 28.0 Å². The molecule has 162 valence electrons. The average Bonchev–Trinajstić information content (AvgIpc) is 2.98. The maximum Gasteiger partial charge on any atom is 0.238 e. The molecule has 2 aliphatic heterocycles. The Morgan fingerprint density at radius 1 is 0.788 bits per heavy atom. The highest BCUT2D eigenvalue weighted by atomic mass is 35.5. The molecule has 6 rings (SSSR count). The first-order valence-corrected chi connectivity index (χ1v) is 12.4. The Morgan fingerprint density at radius 3 is 2.18 bits per heavy atom. The van der Waals surface area contributed by atoms with Crippen LogP contribution in [0.15, 0.2) is 114 Å². The topological polar surface area (TPSA) is 20.3 Å². The minimum absolute atomic E-state index is 0.101. The van der Waals surface area contributed by atoms with Crippen LogP contribution in [0.1, 0.15) is 34.3 Å². The second-order valence-corrected chi connectivity index (χ2v) is 10.3. The van der Waals surface area contributed by atoms with E-state index in [4.69, 9.17) is 11.6 Å². The van der Waals surface area contributed by atoms with E-state index in [9.17, 15) is 4.79 Å². The fourth-order valence-corrected chi connectivity index (χ4v) is 7.21. The fraction of sp³-hybridized carbons (Fsp3) is 0.138. The quantitative estimate of drug-likeness (QED) is 0.289. The first kappa shape index (κ1) is 20.6. The lowest BCUT2D eigenvalue weighted by molar-refractivity contribution is -0.131. The van der Waals surface area contributed by atoms with Gasteiger partial charge in [-0.2, -0.15) is 0 Å². The molecule has 0 bridgehead atoms. The molecule has 2 heterocycles. The number of nitrogens with zero attached hydrogens (tertiary/aromatic N) is 1. The second kappa shape index (κ2) is 8.09. The number of carbonyl (C=O) groups excluding carboxylic acids is 1.